The lowest BCUT2D eigenvalue weighted by Crippen LogP contribution is -2.16. The highest BCUT2D eigenvalue weighted by molar-refractivity contribution is 6.05. The number of benzene rings is 1. The summed E-state index contributed by atoms with van der Waals surface area (Å²) in [6.45, 7) is 1.60. The number of hydrogen-bond acceptors (Lipinski definition) is 4. The van der Waals surface area contributed by atoms with Crippen LogP contribution in [0.25, 0.3) is 0 Å². The van der Waals surface area contributed by atoms with Crippen molar-refractivity contribution in [2.45, 2.75) is 13.1 Å². The van der Waals surface area contributed by atoms with Crippen molar-refractivity contribution in [2.24, 2.45) is 0 Å². The second-order valence-corrected chi connectivity index (χ2v) is 4.87. The Hall–Kier alpha value is -3.21. The van der Waals surface area contributed by atoms with Crippen molar-refractivity contribution in [3.63, 3.8) is 0 Å². The van der Waals surface area contributed by atoms with Gasteiger partial charge in [-0.15, -0.1) is 0 Å². The van der Waals surface area contributed by atoms with E-state index in [-0.39, 0.29) is 17.7 Å². The molecule has 0 aliphatic carbocycles. The summed E-state index contributed by atoms with van der Waals surface area (Å²) >= 11 is 0. The molecule has 0 fully saturated rings. The Morgan fingerprint density at radius 3 is 2.58 bits per heavy atom. The predicted molar refractivity (Wildman–Crippen MR) is 78.5 cm³/mol. The van der Waals surface area contributed by atoms with E-state index in [1.807, 2.05) is 6.07 Å². The molecule has 8 heteroatoms. The third kappa shape index (κ3) is 3.57. The minimum atomic E-state index is -4.75. The van der Waals surface area contributed by atoms with Gasteiger partial charge in [-0.25, -0.2) is 4.98 Å². The summed E-state index contributed by atoms with van der Waals surface area (Å²) < 4.78 is 38.7. The van der Waals surface area contributed by atoms with E-state index in [0.717, 1.165) is 6.20 Å². The number of carbonyl (C=O) groups is 2. The topological polar surface area (TPSA) is 82.9 Å². The third-order valence-corrected chi connectivity index (χ3v) is 3.21. The average molecular weight is 333 g/mol. The maximum absolute atomic E-state index is 12.9. The first-order valence-corrected chi connectivity index (χ1v) is 6.60. The number of rotatable bonds is 3. The van der Waals surface area contributed by atoms with Gasteiger partial charge in [0.2, 0.25) is 0 Å². The number of aldehydes is 1. The van der Waals surface area contributed by atoms with E-state index in [1.165, 1.54) is 18.2 Å². The normalized spacial score (nSPS) is 10.8. The molecule has 1 amide bonds. The van der Waals surface area contributed by atoms with E-state index in [4.69, 9.17) is 5.26 Å². The van der Waals surface area contributed by atoms with Gasteiger partial charge >= 0.3 is 6.18 Å². The summed E-state index contributed by atoms with van der Waals surface area (Å²) in [5.41, 5.74) is -0.748. The Balaban J connectivity index is 2.33. The van der Waals surface area contributed by atoms with Gasteiger partial charge in [0.15, 0.2) is 6.29 Å². The molecule has 0 aliphatic rings. The molecule has 1 heterocycles. The Bertz CT molecular complexity index is 855. The first kappa shape index (κ1) is 17.1. The van der Waals surface area contributed by atoms with E-state index >= 15 is 0 Å². The maximum atomic E-state index is 12.9. The summed E-state index contributed by atoms with van der Waals surface area (Å²) in [4.78, 5) is 26.5. The highest BCUT2D eigenvalue weighted by atomic mass is 19.4. The Labute approximate surface area is 134 Å². The van der Waals surface area contributed by atoms with Crippen molar-refractivity contribution < 1.29 is 22.8 Å². The van der Waals surface area contributed by atoms with Crippen LogP contribution in [0.3, 0.4) is 0 Å². The Kier molecular flexibility index (Phi) is 4.64. The number of hydrogen-bond donors (Lipinski definition) is 1. The summed E-state index contributed by atoms with van der Waals surface area (Å²) in [6.07, 6.45) is -3.95. The summed E-state index contributed by atoms with van der Waals surface area (Å²) in [7, 11) is 0. The monoisotopic (exact) mass is 333 g/mol. The van der Waals surface area contributed by atoms with Gasteiger partial charge in [-0.3, -0.25) is 9.59 Å². The van der Waals surface area contributed by atoms with Gasteiger partial charge in [-0.2, -0.15) is 18.4 Å². The minimum Gasteiger partial charge on any atom is -0.307 e. The second-order valence-electron chi connectivity index (χ2n) is 4.87. The lowest BCUT2D eigenvalue weighted by atomic mass is 10.0. The third-order valence-electron chi connectivity index (χ3n) is 3.21. The van der Waals surface area contributed by atoms with Crippen LogP contribution in [-0.2, 0) is 6.18 Å². The molecule has 0 saturated carbocycles. The van der Waals surface area contributed by atoms with Crippen LogP contribution in [0.1, 0.15) is 37.4 Å². The number of halogens is 3. The van der Waals surface area contributed by atoms with Crippen molar-refractivity contribution in [2.75, 3.05) is 5.32 Å². The fourth-order valence-electron chi connectivity index (χ4n) is 2.05. The smallest absolute Gasteiger partial charge is 0.307 e. The molecule has 122 valence electrons. The quantitative estimate of drug-likeness (QED) is 0.873. The van der Waals surface area contributed by atoms with Crippen LogP contribution >= 0.6 is 0 Å². The van der Waals surface area contributed by atoms with E-state index in [9.17, 15) is 22.8 Å². The number of carbonyl (C=O) groups excluding carboxylic acids is 2. The molecular formula is C16H10F3N3O2. The first-order chi connectivity index (χ1) is 11.3. The highest BCUT2D eigenvalue weighted by Gasteiger charge is 2.34. The number of nitriles is 1. The number of aryl methyl sites for hydroxylation is 1. The average Bonchev–Trinajstić information content (AvgIpc) is 2.53. The summed E-state index contributed by atoms with van der Waals surface area (Å²) in [5, 5.41) is 11.0. The van der Waals surface area contributed by atoms with Crippen LogP contribution in [0, 0.1) is 18.3 Å². The number of amides is 1. The number of nitrogens with one attached hydrogen (secondary N) is 1. The number of aromatic nitrogens is 1. The van der Waals surface area contributed by atoms with Crippen molar-refractivity contribution >= 4 is 18.0 Å². The number of alkyl halides is 3. The second kappa shape index (κ2) is 6.50. The van der Waals surface area contributed by atoms with Crippen LogP contribution in [0.2, 0.25) is 0 Å². The molecule has 1 N–H and O–H groups in total. The molecule has 0 bridgehead atoms. The van der Waals surface area contributed by atoms with Gasteiger partial charge < -0.3 is 5.32 Å². The number of anilines is 1. The molecule has 0 saturated heterocycles. The SMILES string of the molecule is Cc1cc(C#N)ccc1C(=O)Nc1cc(C(F)(F)F)c(C=O)cn1. The van der Waals surface area contributed by atoms with Crippen LogP contribution in [0.5, 0.6) is 0 Å². The first-order valence-electron chi connectivity index (χ1n) is 6.60. The number of pyridine rings is 1. The van der Waals surface area contributed by atoms with E-state index in [2.05, 4.69) is 10.3 Å². The zero-order valence-corrected chi connectivity index (χ0v) is 12.3. The molecule has 0 atom stereocenters. The fourth-order valence-corrected chi connectivity index (χ4v) is 2.05. The minimum absolute atomic E-state index is 0.0478. The van der Waals surface area contributed by atoms with Crippen molar-refractivity contribution in [1.29, 1.82) is 5.26 Å². The van der Waals surface area contributed by atoms with E-state index in [0.29, 0.717) is 17.2 Å². The van der Waals surface area contributed by atoms with E-state index < -0.39 is 23.2 Å². The molecule has 5 nitrogen and oxygen atoms in total. The molecular weight excluding hydrogens is 323 g/mol. The van der Waals surface area contributed by atoms with Crippen LogP contribution in [0.4, 0.5) is 19.0 Å². The lowest BCUT2D eigenvalue weighted by Gasteiger charge is -2.12. The van der Waals surface area contributed by atoms with Gasteiger partial charge in [0.1, 0.15) is 5.82 Å². The largest absolute Gasteiger partial charge is 0.417 e. The van der Waals surface area contributed by atoms with Crippen molar-refractivity contribution in [3.05, 3.63) is 58.3 Å². The molecule has 0 spiro atoms. The molecule has 0 unspecified atom stereocenters. The zero-order chi connectivity index (χ0) is 17.9. The molecule has 0 radical (unpaired) electrons. The molecule has 1 aromatic heterocycles. The summed E-state index contributed by atoms with van der Waals surface area (Å²) in [5.74, 6) is -1.00. The molecule has 2 rings (SSSR count). The van der Waals surface area contributed by atoms with E-state index in [1.54, 1.807) is 6.92 Å². The van der Waals surface area contributed by atoms with Crippen LogP contribution < -0.4 is 5.32 Å². The zero-order valence-electron chi connectivity index (χ0n) is 12.3. The lowest BCUT2D eigenvalue weighted by molar-refractivity contribution is -0.137. The van der Waals surface area contributed by atoms with Crippen LogP contribution in [-0.4, -0.2) is 17.2 Å². The Morgan fingerprint density at radius 1 is 1.33 bits per heavy atom. The van der Waals surface area contributed by atoms with Gasteiger partial charge in [0.05, 0.1) is 17.2 Å². The predicted octanol–water partition coefficient (Wildman–Crippen LogP) is 3.35. The van der Waals surface area contributed by atoms with Crippen LogP contribution in [0.15, 0.2) is 30.5 Å². The molecule has 2 aromatic rings. The standard InChI is InChI=1S/C16H10F3N3O2/c1-9-4-10(6-20)2-3-12(9)15(24)22-14-5-13(16(17,18)19)11(8-23)7-21-14/h2-5,7-8H,1H3,(H,21,22,24). The highest BCUT2D eigenvalue weighted by Crippen LogP contribution is 2.32. The number of nitrogens with zero attached hydrogens (tertiary/aromatic N) is 2. The molecule has 1 aromatic carbocycles. The Morgan fingerprint density at radius 2 is 2.04 bits per heavy atom. The molecule has 0 aliphatic heterocycles. The van der Waals surface area contributed by atoms with Gasteiger partial charge in [-0.05, 0) is 36.8 Å². The van der Waals surface area contributed by atoms with Gasteiger partial charge in [0, 0.05) is 17.3 Å². The fraction of sp³-hybridized carbons (Fsp3) is 0.125. The molecule has 24 heavy (non-hydrogen) atoms. The van der Waals surface area contributed by atoms with Gasteiger partial charge in [0.25, 0.3) is 5.91 Å². The maximum Gasteiger partial charge on any atom is 0.417 e. The van der Waals surface area contributed by atoms with Gasteiger partial charge in [-0.1, -0.05) is 0 Å². The van der Waals surface area contributed by atoms with Crippen molar-refractivity contribution in [3.8, 4) is 6.07 Å². The summed E-state index contributed by atoms with van der Waals surface area (Å²) in [6, 6.07) is 6.82. The van der Waals surface area contributed by atoms with Crippen molar-refractivity contribution in [1.82, 2.24) is 4.98 Å².